The Balaban J connectivity index is 2.15. The van der Waals surface area contributed by atoms with Crippen molar-refractivity contribution in [3.63, 3.8) is 0 Å². The Morgan fingerprint density at radius 1 is 1.06 bits per heavy atom. The first-order valence-electron chi connectivity index (χ1n) is 6.19. The van der Waals surface area contributed by atoms with E-state index in [4.69, 9.17) is 5.73 Å². The van der Waals surface area contributed by atoms with Crippen LogP contribution in [0.2, 0.25) is 0 Å². The van der Waals surface area contributed by atoms with Crippen LogP contribution in [-0.4, -0.2) is 5.91 Å². The van der Waals surface area contributed by atoms with Crippen molar-refractivity contribution >= 4 is 5.91 Å². The second-order valence-electron chi connectivity index (χ2n) is 4.98. The van der Waals surface area contributed by atoms with E-state index in [2.05, 4.69) is 6.07 Å². The second-order valence-corrected chi connectivity index (χ2v) is 4.98. The number of primary amides is 1. The summed E-state index contributed by atoms with van der Waals surface area (Å²) in [7, 11) is 0. The molecule has 0 unspecified atom stereocenters. The van der Waals surface area contributed by atoms with Crippen molar-refractivity contribution in [2.24, 2.45) is 5.73 Å². The lowest BCUT2D eigenvalue weighted by molar-refractivity contribution is -0.117. The molecule has 84 valence electrons. The molecule has 2 nitrogen and oxygen atoms in total. The second kappa shape index (κ2) is 3.62. The fraction of sp³-hybridized carbons (Fsp3) is 0.500. The molecule has 1 aromatic carbocycles. The van der Waals surface area contributed by atoms with Crippen LogP contribution in [0.25, 0.3) is 0 Å². The van der Waals surface area contributed by atoms with E-state index >= 15 is 0 Å². The molecule has 16 heavy (non-hydrogen) atoms. The van der Waals surface area contributed by atoms with Gasteiger partial charge in [0.15, 0.2) is 0 Å². The SMILES string of the molecule is NC(=O)Cc1c2c(cc3c1CCC3)CCC2. The van der Waals surface area contributed by atoms with Gasteiger partial charge in [-0.1, -0.05) is 6.07 Å². The smallest absolute Gasteiger partial charge is 0.221 e. The average molecular weight is 215 g/mol. The largest absolute Gasteiger partial charge is 0.369 e. The minimum absolute atomic E-state index is 0.186. The molecule has 2 aliphatic carbocycles. The standard InChI is InChI=1S/C14H17NO/c15-14(16)8-13-11-5-1-3-9(11)7-10-4-2-6-12(10)13/h7H,1-6,8H2,(H2,15,16). The van der Waals surface area contributed by atoms with Crippen molar-refractivity contribution in [2.45, 2.75) is 44.9 Å². The number of rotatable bonds is 2. The van der Waals surface area contributed by atoms with E-state index in [1.165, 1.54) is 53.5 Å². The molecule has 2 heteroatoms. The third-order valence-electron chi connectivity index (χ3n) is 3.95. The first kappa shape index (κ1) is 9.88. The highest BCUT2D eigenvalue weighted by molar-refractivity contribution is 5.78. The van der Waals surface area contributed by atoms with Crippen LogP contribution in [0.15, 0.2) is 6.07 Å². The molecule has 1 aromatic rings. The van der Waals surface area contributed by atoms with Crippen molar-refractivity contribution in [2.75, 3.05) is 0 Å². The van der Waals surface area contributed by atoms with Crippen LogP contribution in [0.4, 0.5) is 0 Å². The molecule has 0 radical (unpaired) electrons. The van der Waals surface area contributed by atoms with Gasteiger partial charge in [0.2, 0.25) is 5.91 Å². The number of aryl methyl sites for hydroxylation is 2. The lowest BCUT2D eigenvalue weighted by Crippen LogP contribution is -2.16. The molecule has 0 atom stereocenters. The van der Waals surface area contributed by atoms with E-state index in [0.29, 0.717) is 6.42 Å². The fourth-order valence-corrected chi connectivity index (χ4v) is 3.32. The zero-order chi connectivity index (χ0) is 11.1. The maximum absolute atomic E-state index is 11.2. The van der Waals surface area contributed by atoms with Gasteiger partial charge < -0.3 is 5.73 Å². The number of amides is 1. The normalized spacial score (nSPS) is 17.2. The first-order chi connectivity index (χ1) is 7.75. The summed E-state index contributed by atoms with van der Waals surface area (Å²) in [6.07, 6.45) is 7.60. The Hall–Kier alpha value is -1.31. The Morgan fingerprint density at radius 2 is 1.62 bits per heavy atom. The third kappa shape index (κ3) is 1.44. The minimum Gasteiger partial charge on any atom is -0.369 e. The van der Waals surface area contributed by atoms with Crippen LogP contribution < -0.4 is 5.73 Å². The quantitative estimate of drug-likeness (QED) is 0.801. The molecule has 2 aliphatic rings. The summed E-state index contributed by atoms with van der Waals surface area (Å²) in [6, 6.07) is 2.38. The van der Waals surface area contributed by atoms with E-state index < -0.39 is 0 Å². The molecule has 1 amide bonds. The Kier molecular flexibility index (Phi) is 2.23. The molecule has 0 bridgehead atoms. The molecular weight excluding hydrogens is 198 g/mol. The number of benzene rings is 1. The number of carbonyl (C=O) groups excluding carboxylic acids is 1. The predicted octanol–water partition coefficient (Wildman–Crippen LogP) is 1.69. The molecule has 0 saturated heterocycles. The third-order valence-corrected chi connectivity index (χ3v) is 3.95. The topological polar surface area (TPSA) is 43.1 Å². The van der Waals surface area contributed by atoms with Gasteiger partial charge in [0, 0.05) is 0 Å². The van der Waals surface area contributed by atoms with Crippen LogP contribution >= 0.6 is 0 Å². The van der Waals surface area contributed by atoms with Gasteiger partial charge in [-0.15, -0.1) is 0 Å². The van der Waals surface area contributed by atoms with Crippen LogP contribution in [0.3, 0.4) is 0 Å². The maximum Gasteiger partial charge on any atom is 0.221 e. The van der Waals surface area contributed by atoms with E-state index in [9.17, 15) is 4.79 Å². The van der Waals surface area contributed by atoms with Crippen LogP contribution in [0.5, 0.6) is 0 Å². The van der Waals surface area contributed by atoms with Crippen LogP contribution in [-0.2, 0) is 36.9 Å². The van der Waals surface area contributed by atoms with Gasteiger partial charge in [-0.25, -0.2) is 0 Å². The van der Waals surface area contributed by atoms with Gasteiger partial charge in [-0.2, -0.15) is 0 Å². The van der Waals surface area contributed by atoms with E-state index in [0.717, 1.165) is 12.8 Å². The molecule has 2 N–H and O–H groups in total. The number of carbonyl (C=O) groups is 1. The fourth-order valence-electron chi connectivity index (χ4n) is 3.32. The van der Waals surface area contributed by atoms with Crippen molar-refractivity contribution in [3.05, 3.63) is 33.9 Å². The molecule has 0 aromatic heterocycles. The Bertz CT molecular complexity index is 430. The van der Waals surface area contributed by atoms with Gasteiger partial charge >= 0.3 is 0 Å². The van der Waals surface area contributed by atoms with Crippen LogP contribution in [0, 0.1) is 0 Å². The van der Waals surface area contributed by atoms with Gasteiger partial charge in [-0.05, 0) is 66.3 Å². The average Bonchev–Trinajstić information content (AvgIpc) is 2.83. The van der Waals surface area contributed by atoms with Gasteiger partial charge in [0.25, 0.3) is 0 Å². The monoisotopic (exact) mass is 215 g/mol. The molecule has 0 fully saturated rings. The highest BCUT2D eigenvalue weighted by Gasteiger charge is 2.24. The lowest BCUT2D eigenvalue weighted by atomic mass is 9.92. The number of nitrogens with two attached hydrogens (primary N) is 1. The van der Waals surface area contributed by atoms with E-state index in [1.54, 1.807) is 0 Å². The van der Waals surface area contributed by atoms with Crippen molar-refractivity contribution < 1.29 is 4.79 Å². The van der Waals surface area contributed by atoms with Gasteiger partial charge in [0.1, 0.15) is 0 Å². The highest BCUT2D eigenvalue weighted by atomic mass is 16.1. The summed E-state index contributed by atoms with van der Waals surface area (Å²) in [5, 5.41) is 0. The first-order valence-corrected chi connectivity index (χ1v) is 6.19. The minimum atomic E-state index is -0.186. The molecular formula is C14H17NO. The Morgan fingerprint density at radius 3 is 2.12 bits per heavy atom. The van der Waals surface area contributed by atoms with E-state index in [1.807, 2.05) is 0 Å². The van der Waals surface area contributed by atoms with Crippen molar-refractivity contribution in [3.8, 4) is 0 Å². The molecule has 0 saturated carbocycles. The zero-order valence-corrected chi connectivity index (χ0v) is 9.51. The zero-order valence-electron chi connectivity index (χ0n) is 9.51. The predicted molar refractivity (Wildman–Crippen MR) is 63.4 cm³/mol. The number of fused-ring (bicyclic) bond motifs is 2. The summed E-state index contributed by atoms with van der Waals surface area (Å²) < 4.78 is 0. The lowest BCUT2D eigenvalue weighted by Gasteiger charge is -2.13. The van der Waals surface area contributed by atoms with Crippen LogP contribution in [0.1, 0.15) is 40.7 Å². The summed E-state index contributed by atoms with van der Waals surface area (Å²) in [5.41, 5.74) is 12.5. The van der Waals surface area contributed by atoms with E-state index in [-0.39, 0.29) is 5.91 Å². The molecule has 0 aliphatic heterocycles. The maximum atomic E-state index is 11.2. The van der Waals surface area contributed by atoms with Crippen molar-refractivity contribution in [1.82, 2.24) is 0 Å². The molecule has 0 heterocycles. The summed E-state index contributed by atoms with van der Waals surface area (Å²) in [4.78, 5) is 11.2. The number of hydrogen-bond donors (Lipinski definition) is 1. The van der Waals surface area contributed by atoms with Crippen molar-refractivity contribution in [1.29, 1.82) is 0 Å². The summed E-state index contributed by atoms with van der Waals surface area (Å²) in [5.74, 6) is -0.186. The Labute approximate surface area is 95.8 Å². The summed E-state index contributed by atoms with van der Waals surface area (Å²) >= 11 is 0. The van der Waals surface area contributed by atoms with Gasteiger partial charge in [-0.3, -0.25) is 4.79 Å². The van der Waals surface area contributed by atoms with Gasteiger partial charge in [0.05, 0.1) is 6.42 Å². The summed E-state index contributed by atoms with van der Waals surface area (Å²) in [6.45, 7) is 0. The number of hydrogen-bond acceptors (Lipinski definition) is 1. The highest BCUT2D eigenvalue weighted by Crippen LogP contribution is 2.35. The molecule has 0 spiro atoms. The molecule has 3 rings (SSSR count).